The molecule has 21 heavy (non-hydrogen) atoms. The lowest BCUT2D eigenvalue weighted by Gasteiger charge is -2.08. The van der Waals surface area contributed by atoms with E-state index in [1.807, 2.05) is 62.0 Å². The number of aryl methyl sites for hydroxylation is 3. The number of carbonyl (C=O) groups is 1. The molecule has 0 radical (unpaired) electrons. The zero-order valence-electron chi connectivity index (χ0n) is 12.5. The van der Waals surface area contributed by atoms with Crippen molar-refractivity contribution in [3.8, 4) is 5.75 Å². The minimum absolute atomic E-state index is 0.0611. The van der Waals surface area contributed by atoms with Crippen molar-refractivity contribution in [1.29, 1.82) is 0 Å². The predicted octanol–water partition coefficient (Wildman–Crippen LogP) is 2.17. The molecule has 0 fully saturated rings. The van der Waals surface area contributed by atoms with E-state index in [4.69, 9.17) is 4.74 Å². The van der Waals surface area contributed by atoms with Gasteiger partial charge in [0.2, 0.25) is 0 Å². The Morgan fingerprint density at radius 3 is 2.86 bits per heavy atom. The second-order valence-electron chi connectivity index (χ2n) is 4.89. The van der Waals surface area contributed by atoms with Crippen LogP contribution in [0.25, 0.3) is 0 Å². The van der Waals surface area contributed by atoms with Crippen LogP contribution >= 0.6 is 0 Å². The summed E-state index contributed by atoms with van der Waals surface area (Å²) in [5, 5.41) is 3.90. The van der Waals surface area contributed by atoms with E-state index in [0.717, 1.165) is 16.8 Å². The van der Waals surface area contributed by atoms with Crippen LogP contribution in [0, 0.1) is 13.8 Å². The second-order valence-corrected chi connectivity index (χ2v) is 4.89. The van der Waals surface area contributed by atoms with Gasteiger partial charge in [0, 0.05) is 13.2 Å². The maximum atomic E-state index is 11.7. The van der Waals surface area contributed by atoms with Gasteiger partial charge in [-0.15, -0.1) is 0 Å². The molecule has 0 aliphatic rings. The van der Waals surface area contributed by atoms with Gasteiger partial charge in [0.05, 0.1) is 11.9 Å². The number of hydrogen-bond donors (Lipinski definition) is 1. The Labute approximate surface area is 124 Å². The molecular weight excluding hydrogens is 266 g/mol. The molecule has 1 amide bonds. The Morgan fingerprint density at radius 2 is 2.19 bits per heavy atom. The van der Waals surface area contributed by atoms with Crippen LogP contribution in [0.3, 0.4) is 0 Å². The first-order valence-corrected chi connectivity index (χ1v) is 6.69. The molecule has 1 N–H and O–H groups in total. The lowest BCUT2D eigenvalue weighted by molar-refractivity contribution is -0.123. The number of nitrogens with one attached hydrogen (secondary N) is 1. The first kappa shape index (κ1) is 14.8. The van der Waals surface area contributed by atoms with E-state index in [1.54, 1.807) is 6.21 Å². The quantitative estimate of drug-likeness (QED) is 0.676. The minimum Gasteiger partial charge on any atom is -0.483 e. The molecule has 0 aliphatic carbocycles. The Bertz CT molecular complexity index is 659. The van der Waals surface area contributed by atoms with Crippen molar-refractivity contribution in [3.05, 3.63) is 53.3 Å². The maximum absolute atomic E-state index is 11.7. The van der Waals surface area contributed by atoms with Gasteiger partial charge in [-0.2, -0.15) is 5.10 Å². The highest BCUT2D eigenvalue weighted by Crippen LogP contribution is 2.18. The molecule has 5 heteroatoms. The van der Waals surface area contributed by atoms with E-state index < -0.39 is 0 Å². The van der Waals surface area contributed by atoms with Crippen molar-refractivity contribution in [1.82, 2.24) is 9.99 Å². The van der Waals surface area contributed by atoms with Crippen LogP contribution in [0.2, 0.25) is 0 Å². The summed E-state index contributed by atoms with van der Waals surface area (Å²) in [6.45, 7) is 3.91. The molecule has 0 spiro atoms. The molecule has 0 unspecified atom stereocenters. The van der Waals surface area contributed by atoms with Crippen molar-refractivity contribution < 1.29 is 9.53 Å². The van der Waals surface area contributed by atoms with Crippen LogP contribution in [0.4, 0.5) is 0 Å². The number of benzene rings is 1. The first-order chi connectivity index (χ1) is 10.1. The van der Waals surface area contributed by atoms with Gasteiger partial charge < -0.3 is 9.30 Å². The highest BCUT2D eigenvalue weighted by molar-refractivity contribution is 5.81. The maximum Gasteiger partial charge on any atom is 0.277 e. The average Bonchev–Trinajstić information content (AvgIpc) is 2.83. The van der Waals surface area contributed by atoms with Crippen LogP contribution in [-0.4, -0.2) is 23.3 Å². The number of carbonyl (C=O) groups excluding carboxylic acids is 1. The van der Waals surface area contributed by atoms with Gasteiger partial charge in [-0.1, -0.05) is 17.7 Å². The first-order valence-electron chi connectivity index (χ1n) is 6.69. The zero-order valence-corrected chi connectivity index (χ0v) is 12.5. The van der Waals surface area contributed by atoms with Gasteiger partial charge in [0.15, 0.2) is 6.61 Å². The molecule has 0 saturated carbocycles. The Hall–Kier alpha value is -2.56. The Morgan fingerprint density at radius 1 is 1.38 bits per heavy atom. The van der Waals surface area contributed by atoms with Crippen molar-refractivity contribution in [3.63, 3.8) is 0 Å². The number of hydrazone groups is 1. The highest BCUT2D eigenvalue weighted by atomic mass is 16.5. The molecule has 1 heterocycles. The zero-order chi connectivity index (χ0) is 15.2. The van der Waals surface area contributed by atoms with Gasteiger partial charge in [-0.25, -0.2) is 5.43 Å². The lowest BCUT2D eigenvalue weighted by Crippen LogP contribution is -2.24. The molecule has 0 bridgehead atoms. The fourth-order valence-electron chi connectivity index (χ4n) is 1.92. The molecule has 2 rings (SSSR count). The summed E-state index contributed by atoms with van der Waals surface area (Å²) in [5.41, 5.74) is 5.52. The van der Waals surface area contributed by atoms with Crippen LogP contribution in [0.1, 0.15) is 16.8 Å². The van der Waals surface area contributed by atoms with Crippen LogP contribution < -0.4 is 10.2 Å². The van der Waals surface area contributed by atoms with Crippen LogP contribution in [0.5, 0.6) is 5.75 Å². The molecule has 0 atom stereocenters. The van der Waals surface area contributed by atoms with Gasteiger partial charge >= 0.3 is 0 Å². The SMILES string of the molecule is Cc1ccc(OCC(=O)N/N=C\c2cccn2C)c(C)c1. The number of aromatic nitrogens is 1. The summed E-state index contributed by atoms with van der Waals surface area (Å²) in [4.78, 5) is 11.7. The third-order valence-electron chi connectivity index (χ3n) is 3.06. The topological polar surface area (TPSA) is 55.6 Å². The van der Waals surface area contributed by atoms with Crippen molar-refractivity contribution in [2.75, 3.05) is 6.61 Å². The van der Waals surface area contributed by atoms with E-state index in [1.165, 1.54) is 0 Å². The normalized spacial score (nSPS) is 10.8. The standard InChI is InChI=1S/C16H19N3O2/c1-12-6-7-15(13(2)9-12)21-11-16(20)18-17-10-14-5-4-8-19(14)3/h4-10H,11H2,1-3H3,(H,18,20)/b17-10-. The smallest absolute Gasteiger partial charge is 0.277 e. The van der Waals surface area contributed by atoms with E-state index in [-0.39, 0.29) is 12.5 Å². The molecule has 0 aliphatic heterocycles. The summed E-state index contributed by atoms with van der Waals surface area (Å²) in [5.74, 6) is 0.419. The molecule has 1 aromatic carbocycles. The van der Waals surface area contributed by atoms with Crippen molar-refractivity contribution in [2.45, 2.75) is 13.8 Å². The summed E-state index contributed by atoms with van der Waals surface area (Å²) >= 11 is 0. The lowest BCUT2D eigenvalue weighted by atomic mass is 10.1. The average molecular weight is 285 g/mol. The Balaban J connectivity index is 1.82. The summed E-state index contributed by atoms with van der Waals surface area (Å²) in [7, 11) is 1.91. The molecular formula is C16H19N3O2. The van der Waals surface area contributed by atoms with E-state index in [2.05, 4.69) is 10.5 Å². The molecule has 110 valence electrons. The molecule has 2 aromatic rings. The van der Waals surface area contributed by atoms with Crippen molar-refractivity contribution >= 4 is 12.1 Å². The van der Waals surface area contributed by atoms with Gasteiger partial charge in [-0.3, -0.25) is 4.79 Å². The number of hydrogen-bond acceptors (Lipinski definition) is 3. The van der Waals surface area contributed by atoms with Gasteiger partial charge in [0.25, 0.3) is 5.91 Å². The van der Waals surface area contributed by atoms with Crippen LogP contribution in [0.15, 0.2) is 41.6 Å². The summed E-state index contributed by atoms with van der Waals surface area (Å²) in [6, 6.07) is 9.65. The molecule has 0 saturated heterocycles. The van der Waals surface area contributed by atoms with Gasteiger partial charge in [0.1, 0.15) is 5.75 Å². The molecule has 1 aromatic heterocycles. The number of ether oxygens (including phenoxy) is 1. The van der Waals surface area contributed by atoms with Crippen molar-refractivity contribution in [2.24, 2.45) is 12.1 Å². The number of amides is 1. The van der Waals surface area contributed by atoms with Crippen LogP contribution in [-0.2, 0) is 11.8 Å². The fourth-order valence-corrected chi connectivity index (χ4v) is 1.92. The monoisotopic (exact) mass is 285 g/mol. The van der Waals surface area contributed by atoms with E-state index >= 15 is 0 Å². The van der Waals surface area contributed by atoms with E-state index in [9.17, 15) is 4.79 Å². The highest BCUT2D eigenvalue weighted by Gasteiger charge is 2.04. The summed E-state index contributed by atoms with van der Waals surface area (Å²) < 4.78 is 7.38. The number of nitrogens with zero attached hydrogens (tertiary/aromatic N) is 2. The summed E-state index contributed by atoms with van der Waals surface area (Å²) in [6.07, 6.45) is 3.50. The minimum atomic E-state index is -0.291. The predicted molar refractivity (Wildman–Crippen MR) is 82.6 cm³/mol. The third-order valence-corrected chi connectivity index (χ3v) is 3.06. The second kappa shape index (κ2) is 6.74. The number of rotatable bonds is 5. The van der Waals surface area contributed by atoms with E-state index in [0.29, 0.717) is 5.75 Å². The largest absolute Gasteiger partial charge is 0.483 e. The Kier molecular flexibility index (Phi) is 4.77. The third kappa shape index (κ3) is 4.21. The van der Waals surface area contributed by atoms with Gasteiger partial charge in [-0.05, 0) is 37.6 Å². The molecule has 5 nitrogen and oxygen atoms in total. The fraction of sp³-hybridized carbons (Fsp3) is 0.250.